The third-order valence-electron chi connectivity index (χ3n) is 6.91. The van der Waals surface area contributed by atoms with Gasteiger partial charge in [-0.05, 0) is 51.1 Å². The summed E-state index contributed by atoms with van der Waals surface area (Å²) in [5, 5.41) is 0. The number of rotatable bonds is 3. The Morgan fingerprint density at radius 3 is 2.59 bits per heavy atom. The van der Waals surface area contributed by atoms with Gasteiger partial charge < -0.3 is 24.2 Å². The van der Waals surface area contributed by atoms with E-state index in [2.05, 4.69) is 11.9 Å². The summed E-state index contributed by atoms with van der Waals surface area (Å²) in [6.07, 6.45) is 2.40. The van der Waals surface area contributed by atoms with Gasteiger partial charge in [-0.2, -0.15) is 0 Å². The molecule has 1 aromatic rings. The van der Waals surface area contributed by atoms with Gasteiger partial charge in [0.1, 0.15) is 5.75 Å². The van der Waals surface area contributed by atoms with Crippen molar-refractivity contribution in [2.24, 2.45) is 5.41 Å². The normalized spacial score (nSPS) is 28.0. The zero-order chi connectivity index (χ0) is 20.4. The van der Waals surface area contributed by atoms with Crippen molar-refractivity contribution in [2.45, 2.75) is 25.3 Å². The number of morpholine rings is 1. The molecule has 0 spiro atoms. The Kier molecular flexibility index (Phi) is 5.79. The molecule has 0 saturated carbocycles. The molecule has 3 fully saturated rings. The van der Waals surface area contributed by atoms with Gasteiger partial charge in [0.25, 0.3) is 5.91 Å². The summed E-state index contributed by atoms with van der Waals surface area (Å²) in [7, 11) is 3.71. The van der Waals surface area contributed by atoms with Crippen LogP contribution < -0.4 is 4.74 Å². The minimum Gasteiger partial charge on any atom is -0.497 e. The second kappa shape index (κ2) is 8.32. The van der Waals surface area contributed by atoms with Crippen LogP contribution in [0.5, 0.6) is 5.75 Å². The minimum absolute atomic E-state index is 0.0144. The highest BCUT2D eigenvalue weighted by Crippen LogP contribution is 2.44. The number of carbonyl (C=O) groups is 2. The number of hydrogen-bond donors (Lipinski definition) is 0. The summed E-state index contributed by atoms with van der Waals surface area (Å²) in [5.41, 5.74) is 0.244. The summed E-state index contributed by atoms with van der Waals surface area (Å²) in [4.78, 5) is 33.0. The van der Waals surface area contributed by atoms with Crippen LogP contribution in [0.4, 0.5) is 0 Å². The fourth-order valence-corrected chi connectivity index (χ4v) is 5.21. The lowest BCUT2D eigenvalue weighted by atomic mass is 9.75. The van der Waals surface area contributed by atoms with Crippen molar-refractivity contribution in [3.8, 4) is 5.75 Å². The van der Waals surface area contributed by atoms with Gasteiger partial charge in [-0.25, -0.2) is 0 Å². The zero-order valence-electron chi connectivity index (χ0n) is 17.4. The molecular formula is C22H31N3O4. The van der Waals surface area contributed by atoms with E-state index in [0.717, 1.165) is 19.4 Å². The van der Waals surface area contributed by atoms with Gasteiger partial charge in [0.2, 0.25) is 5.91 Å². The fourth-order valence-electron chi connectivity index (χ4n) is 5.21. The Balaban J connectivity index is 1.54. The van der Waals surface area contributed by atoms with Crippen LogP contribution >= 0.6 is 0 Å². The summed E-state index contributed by atoms with van der Waals surface area (Å²) in [5.74, 6) is 0.951. The second-order valence-corrected chi connectivity index (χ2v) is 8.37. The van der Waals surface area contributed by atoms with Gasteiger partial charge in [0.15, 0.2) is 0 Å². The number of nitrogens with zero attached hydrogens (tertiary/aromatic N) is 3. The van der Waals surface area contributed by atoms with Crippen LogP contribution in [0.3, 0.4) is 0 Å². The first-order chi connectivity index (χ1) is 14.0. The molecule has 4 rings (SSSR count). The molecule has 0 N–H and O–H groups in total. The Morgan fingerprint density at radius 2 is 1.83 bits per heavy atom. The van der Waals surface area contributed by atoms with E-state index in [4.69, 9.17) is 9.47 Å². The maximum atomic E-state index is 13.6. The standard InChI is InChI=1S/C22H31N3O4/c1-23-10-7-22(21(27)25-12-14-29-15-13-25)8-11-24(9-6-19(22)23)20(26)17-4-3-5-18(16-17)28-2/h3-5,16,19H,6-15H2,1-2H3/t19-,22-/m0/s1. The van der Waals surface area contributed by atoms with Crippen LogP contribution in [0.15, 0.2) is 24.3 Å². The number of methoxy groups -OCH3 is 1. The number of carbonyl (C=O) groups excluding carboxylic acids is 2. The summed E-state index contributed by atoms with van der Waals surface area (Å²) < 4.78 is 10.7. The third kappa shape index (κ3) is 3.73. The van der Waals surface area contributed by atoms with Gasteiger partial charge in [0.05, 0.1) is 25.7 Å². The number of fused-ring (bicyclic) bond motifs is 1. The first kappa shape index (κ1) is 20.2. The van der Waals surface area contributed by atoms with E-state index in [1.165, 1.54) is 0 Å². The first-order valence-electron chi connectivity index (χ1n) is 10.6. The molecule has 1 aromatic carbocycles. The Hall–Kier alpha value is -2.12. The smallest absolute Gasteiger partial charge is 0.253 e. The van der Waals surface area contributed by atoms with E-state index in [1.54, 1.807) is 13.2 Å². The number of likely N-dealkylation sites (tertiary alicyclic amines) is 2. The molecule has 3 saturated heterocycles. The number of amides is 2. The molecule has 3 heterocycles. The van der Waals surface area contributed by atoms with E-state index in [0.29, 0.717) is 57.1 Å². The molecule has 0 aliphatic carbocycles. The number of hydrogen-bond acceptors (Lipinski definition) is 5. The van der Waals surface area contributed by atoms with Crippen LogP contribution in [0.25, 0.3) is 0 Å². The maximum absolute atomic E-state index is 13.6. The van der Waals surface area contributed by atoms with Crippen molar-refractivity contribution in [3.63, 3.8) is 0 Å². The molecule has 7 nitrogen and oxygen atoms in total. The van der Waals surface area contributed by atoms with Gasteiger partial charge in [-0.1, -0.05) is 6.07 Å². The Bertz CT molecular complexity index is 764. The lowest BCUT2D eigenvalue weighted by Crippen LogP contribution is -2.53. The van der Waals surface area contributed by atoms with Crippen LogP contribution in [0.1, 0.15) is 29.6 Å². The quantitative estimate of drug-likeness (QED) is 0.768. The van der Waals surface area contributed by atoms with Crippen molar-refractivity contribution < 1.29 is 19.1 Å². The highest BCUT2D eigenvalue weighted by atomic mass is 16.5. The van der Waals surface area contributed by atoms with Gasteiger partial charge in [-0.3, -0.25) is 9.59 Å². The lowest BCUT2D eigenvalue weighted by molar-refractivity contribution is -0.148. The SMILES string of the molecule is COc1cccc(C(=O)N2CC[C@@H]3N(C)CC[C@]3(C(=O)N3CCOCC3)CC2)c1. The molecule has 0 bridgehead atoms. The minimum atomic E-state index is -0.393. The van der Waals surface area contributed by atoms with Crippen LogP contribution in [0.2, 0.25) is 0 Å². The summed E-state index contributed by atoms with van der Waals surface area (Å²) in [6.45, 7) is 4.78. The molecule has 158 valence electrons. The average molecular weight is 402 g/mol. The molecule has 0 radical (unpaired) electrons. The molecule has 7 heteroatoms. The van der Waals surface area contributed by atoms with Gasteiger partial charge in [-0.15, -0.1) is 0 Å². The van der Waals surface area contributed by atoms with Crippen molar-refractivity contribution in [1.82, 2.24) is 14.7 Å². The fraction of sp³-hybridized carbons (Fsp3) is 0.636. The van der Waals surface area contributed by atoms with E-state index in [1.807, 2.05) is 28.0 Å². The van der Waals surface area contributed by atoms with Crippen molar-refractivity contribution in [3.05, 3.63) is 29.8 Å². The van der Waals surface area contributed by atoms with Crippen molar-refractivity contribution >= 4 is 11.8 Å². The molecule has 2 amide bonds. The van der Waals surface area contributed by atoms with Crippen molar-refractivity contribution in [1.29, 1.82) is 0 Å². The zero-order valence-corrected chi connectivity index (χ0v) is 17.4. The molecular weight excluding hydrogens is 370 g/mol. The summed E-state index contributed by atoms with van der Waals surface area (Å²) >= 11 is 0. The van der Waals surface area contributed by atoms with E-state index in [-0.39, 0.29) is 17.9 Å². The van der Waals surface area contributed by atoms with Crippen LogP contribution in [0, 0.1) is 5.41 Å². The molecule has 0 unspecified atom stereocenters. The molecule has 3 aliphatic rings. The highest BCUT2D eigenvalue weighted by molar-refractivity contribution is 5.94. The monoisotopic (exact) mass is 401 g/mol. The third-order valence-corrected chi connectivity index (χ3v) is 6.91. The Morgan fingerprint density at radius 1 is 1.07 bits per heavy atom. The number of ether oxygens (including phenoxy) is 2. The average Bonchev–Trinajstić information content (AvgIpc) is 2.97. The van der Waals surface area contributed by atoms with Crippen LogP contribution in [-0.4, -0.2) is 92.7 Å². The second-order valence-electron chi connectivity index (χ2n) is 8.37. The van der Waals surface area contributed by atoms with E-state index in [9.17, 15) is 9.59 Å². The highest BCUT2D eigenvalue weighted by Gasteiger charge is 2.54. The number of benzene rings is 1. The first-order valence-corrected chi connectivity index (χ1v) is 10.6. The van der Waals surface area contributed by atoms with E-state index >= 15 is 0 Å². The largest absolute Gasteiger partial charge is 0.497 e. The Labute approximate surface area is 172 Å². The van der Waals surface area contributed by atoms with E-state index < -0.39 is 5.41 Å². The molecule has 29 heavy (non-hydrogen) atoms. The van der Waals surface area contributed by atoms with Gasteiger partial charge >= 0.3 is 0 Å². The molecule has 3 aliphatic heterocycles. The predicted octanol–water partition coefficient (Wildman–Crippen LogP) is 1.48. The maximum Gasteiger partial charge on any atom is 0.253 e. The summed E-state index contributed by atoms with van der Waals surface area (Å²) in [6, 6.07) is 7.48. The van der Waals surface area contributed by atoms with Gasteiger partial charge in [0, 0.05) is 37.8 Å². The lowest BCUT2D eigenvalue weighted by Gasteiger charge is -2.39. The predicted molar refractivity (Wildman–Crippen MR) is 109 cm³/mol. The topological polar surface area (TPSA) is 62.3 Å². The molecule has 0 aromatic heterocycles. The van der Waals surface area contributed by atoms with Crippen molar-refractivity contribution in [2.75, 3.05) is 60.1 Å². The molecule has 2 atom stereocenters. The van der Waals surface area contributed by atoms with Crippen LogP contribution in [-0.2, 0) is 9.53 Å².